The average molecular weight is 1020 g/mol. The molecule has 0 amide bonds. The Hall–Kier alpha value is -3.36. The van der Waals surface area contributed by atoms with E-state index in [-0.39, 0.29) is 98.7 Å². The van der Waals surface area contributed by atoms with Gasteiger partial charge in [0.1, 0.15) is 17.3 Å². The molecular formula is C32H27EuF9O10S4. The summed E-state index contributed by atoms with van der Waals surface area (Å²) < 4.78 is 106. The molecule has 0 saturated heterocycles. The minimum Gasteiger partial charge on any atom is -0.506 e. The van der Waals surface area contributed by atoms with Crippen LogP contribution < -0.4 is 0 Å². The van der Waals surface area contributed by atoms with Crippen molar-refractivity contribution in [3.63, 3.8) is 0 Å². The number of hydrogen-bond donors (Lipinski definition) is 3. The molecule has 7 N–H and O–H groups in total. The Morgan fingerprint density at radius 3 is 1.05 bits per heavy atom. The van der Waals surface area contributed by atoms with Crippen molar-refractivity contribution in [2.45, 2.75) is 31.9 Å². The maximum absolute atomic E-state index is 11.8. The SMILES string of the molecule is CC(=O)C=C(O)c1cccs1.O.O.O=C(C=C(O)c1cccs1)C(F)(F)F.O=C(C=C(O)c1cccs1)C(F)(F)F.O=C(CC(=O)C(F)(F)F)c1cccs1.[Eu]. The van der Waals surface area contributed by atoms with Gasteiger partial charge in [0.05, 0.1) is 25.9 Å². The summed E-state index contributed by atoms with van der Waals surface area (Å²) in [5.41, 5.74) is 0. The fourth-order valence-corrected chi connectivity index (χ4v) is 5.45. The van der Waals surface area contributed by atoms with E-state index in [9.17, 15) is 68.6 Å². The van der Waals surface area contributed by atoms with Crippen molar-refractivity contribution < 1.29 is 139 Å². The van der Waals surface area contributed by atoms with Gasteiger partial charge in [0.15, 0.2) is 11.6 Å². The van der Waals surface area contributed by atoms with Crippen molar-refractivity contribution in [3.8, 4) is 0 Å². The maximum Gasteiger partial charge on any atom is 0.454 e. The van der Waals surface area contributed by atoms with Crippen LogP contribution in [0.5, 0.6) is 0 Å². The molecule has 0 aliphatic rings. The van der Waals surface area contributed by atoms with Crippen molar-refractivity contribution in [2.75, 3.05) is 0 Å². The van der Waals surface area contributed by atoms with Gasteiger partial charge in [-0.3, -0.25) is 24.0 Å². The maximum atomic E-state index is 11.8. The van der Waals surface area contributed by atoms with Gasteiger partial charge in [-0.1, -0.05) is 24.3 Å². The first-order chi connectivity index (χ1) is 24.4. The Morgan fingerprint density at radius 2 is 0.821 bits per heavy atom. The van der Waals surface area contributed by atoms with E-state index in [0.717, 1.165) is 38.9 Å². The zero-order chi connectivity index (χ0) is 40.6. The van der Waals surface area contributed by atoms with Gasteiger partial charge < -0.3 is 26.3 Å². The topological polar surface area (TPSA) is 209 Å². The number of aliphatic hydroxyl groups is 3. The zero-order valence-corrected chi connectivity index (χ0v) is 33.4. The monoisotopic (exact) mass is 1020 g/mol. The van der Waals surface area contributed by atoms with Crippen molar-refractivity contribution in [2.24, 2.45) is 0 Å². The van der Waals surface area contributed by atoms with Gasteiger partial charge in [-0.15, -0.1) is 45.3 Å². The van der Waals surface area contributed by atoms with E-state index >= 15 is 0 Å². The van der Waals surface area contributed by atoms with Crippen LogP contribution in [0.15, 0.2) is 88.3 Å². The van der Waals surface area contributed by atoms with Crippen molar-refractivity contribution in [1.82, 2.24) is 0 Å². The second-order valence-electron chi connectivity index (χ2n) is 9.35. The fraction of sp³-hybridized carbons (Fsp3) is 0.156. The summed E-state index contributed by atoms with van der Waals surface area (Å²) in [5, 5.41) is 34.0. The molecule has 4 rings (SSSR count). The smallest absolute Gasteiger partial charge is 0.454 e. The number of aliphatic hydroxyl groups excluding tert-OH is 3. The summed E-state index contributed by atoms with van der Waals surface area (Å²) in [6.07, 6.45) is -14.4. The molecule has 0 aliphatic heterocycles. The number of carbonyl (C=O) groups excluding carboxylic acids is 5. The molecule has 309 valence electrons. The van der Waals surface area contributed by atoms with Crippen LogP contribution in [-0.4, -0.2) is 73.7 Å². The van der Waals surface area contributed by atoms with Gasteiger partial charge in [0.2, 0.25) is 5.78 Å². The molecule has 0 spiro atoms. The van der Waals surface area contributed by atoms with Crippen LogP contribution >= 0.6 is 45.3 Å². The predicted molar refractivity (Wildman–Crippen MR) is 189 cm³/mol. The first-order valence-electron chi connectivity index (χ1n) is 13.7. The molecule has 0 bridgehead atoms. The standard InChI is InChI=1S/3C8H5F3O2S.C8H8O2S.Eu.2H2O/c3*9-8(10,11)7(13)4-5(12)6-2-1-3-14-6;1-6(9)5-7(10)8-3-2-4-11-8;;;/h1-3H,4H2;2*1-4,12H;2-5,10H,1H3;;2*1H2. The average Bonchev–Trinajstić information content (AvgIpc) is 3.88. The molecule has 0 atom stereocenters. The van der Waals surface area contributed by atoms with Crippen LogP contribution in [-0.2, 0) is 19.2 Å². The first-order valence-corrected chi connectivity index (χ1v) is 17.2. The van der Waals surface area contributed by atoms with Crippen LogP contribution in [0.1, 0.15) is 37.6 Å². The van der Waals surface area contributed by atoms with E-state index in [4.69, 9.17) is 10.2 Å². The third-order valence-corrected chi connectivity index (χ3v) is 8.78. The molecule has 1 radical (unpaired) electrons. The van der Waals surface area contributed by atoms with E-state index in [2.05, 4.69) is 0 Å². The molecule has 0 aromatic carbocycles. The molecule has 4 heterocycles. The van der Waals surface area contributed by atoms with Gasteiger partial charge in [-0.25, -0.2) is 0 Å². The summed E-state index contributed by atoms with van der Waals surface area (Å²) in [6, 6.07) is 12.5. The Morgan fingerprint density at radius 1 is 0.536 bits per heavy atom. The molecule has 0 fully saturated rings. The molecule has 24 heteroatoms. The number of allylic oxidation sites excluding steroid dienone is 3. The third-order valence-electron chi connectivity index (χ3n) is 5.19. The molecule has 0 saturated carbocycles. The minimum absolute atomic E-state index is 0. The Labute approximate surface area is 367 Å². The largest absolute Gasteiger partial charge is 0.506 e. The molecule has 56 heavy (non-hydrogen) atoms. The number of halogens is 9. The van der Waals surface area contributed by atoms with Crippen LogP contribution in [0, 0.1) is 49.4 Å². The van der Waals surface area contributed by atoms with Crippen LogP contribution in [0.25, 0.3) is 17.3 Å². The number of Topliss-reactive ketones (excluding diaryl/α,β-unsaturated/α-hetero) is 2. The minimum atomic E-state index is -4.94. The number of thiophene rings is 4. The Bertz CT molecular complexity index is 1810. The summed E-state index contributed by atoms with van der Waals surface area (Å²) in [5.74, 6) is -8.35. The van der Waals surface area contributed by atoms with Crippen LogP contribution in [0.2, 0.25) is 0 Å². The van der Waals surface area contributed by atoms with Crippen molar-refractivity contribution in [1.29, 1.82) is 0 Å². The van der Waals surface area contributed by atoms with E-state index < -0.39 is 59.6 Å². The van der Waals surface area contributed by atoms with Crippen LogP contribution in [0.4, 0.5) is 39.5 Å². The second kappa shape index (κ2) is 26.5. The zero-order valence-electron chi connectivity index (χ0n) is 27.7. The first kappa shape index (κ1) is 57.0. The summed E-state index contributed by atoms with van der Waals surface area (Å²) in [6.45, 7) is 1.41. The number of alkyl halides is 9. The molecule has 0 unspecified atom stereocenters. The number of carbonyl (C=O) groups is 5. The second-order valence-corrected chi connectivity index (χ2v) is 13.1. The van der Waals surface area contributed by atoms with Crippen LogP contribution in [0.3, 0.4) is 0 Å². The Balaban J connectivity index is -0.000000660. The van der Waals surface area contributed by atoms with Gasteiger partial charge in [0, 0.05) is 67.6 Å². The van der Waals surface area contributed by atoms with Gasteiger partial charge in [-0.05, 0) is 52.7 Å². The molecule has 4 aromatic heterocycles. The normalized spacial score (nSPS) is 11.6. The number of ketones is 5. The third kappa shape index (κ3) is 22.4. The van der Waals surface area contributed by atoms with E-state index in [1.165, 1.54) is 48.6 Å². The number of rotatable bonds is 9. The van der Waals surface area contributed by atoms with E-state index in [0.29, 0.717) is 0 Å². The van der Waals surface area contributed by atoms with Gasteiger partial charge in [0.25, 0.3) is 11.6 Å². The van der Waals surface area contributed by atoms with E-state index in [1.807, 2.05) is 11.4 Å². The molecular weight excluding hydrogens is 996 g/mol. The summed E-state index contributed by atoms with van der Waals surface area (Å²) in [4.78, 5) is 54.2. The summed E-state index contributed by atoms with van der Waals surface area (Å²) >= 11 is 4.51. The van der Waals surface area contributed by atoms with E-state index in [1.54, 1.807) is 34.3 Å². The summed E-state index contributed by atoms with van der Waals surface area (Å²) in [7, 11) is 0. The molecule has 0 aliphatic carbocycles. The number of hydrogen-bond acceptors (Lipinski definition) is 12. The Kier molecular flexibility index (Phi) is 27.0. The van der Waals surface area contributed by atoms with Crippen molar-refractivity contribution >= 4 is 91.5 Å². The van der Waals surface area contributed by atoms with Crippen molar-refractivity contribution in [3.05, 3.63) is 108 Å². The quantitative estimate of drug-likeness (QED) is 0.0485. The fourth-order valence-electron chi connectivity index (χ4n) is 2.86. The van der Waals surface area contributed by atoms with Gasteiger partial charge >= 0.3 is 18.5 Å². The molecule has 10 nitrogen and oxygen atoms in total. The molecule has 4 aromatic rings. The van der Waals surface area contributed by atoms with Gasteiger partial charge in [-0.2, -0.15) is 39.5 Å². The predicted octanol–water partition coefficient (Wildman–Crippen LogP) is 8.60.